The molecule has 0 aliphatic carbocycles. The fourth-order valence-corrected chi connectivity index (χ4v) is 4.32. The van der Waals surface area contributed by atoms with Crippen LogP contribution in [0.4, 0.5) is 11.4 Å². The van der Waals surface area contributed by atoms with E-state index in [1.54, 1.807) is 19.9 Å². The number of nitro groups is 1. The molecule has 0 spiro atoms. The summed E-state index contributed by atoms with van der Waals surface area (Å²) in [5.74, 6) is -0.0451. The minimum Gasteiger partial charge on any atom is -0.324 e. The van der Waals surface area contributed by atoms with Crippen LogP contribution in [0.1, 0.15) is 11.4 Å². The van der Waals surface area contributed by atoms with Crippen molar-refractivity contribution >= 4 is 38.8 Å². The Hall–Kier alpha value is -3.85. The molecule has 1 N–H and O–H groups in total. The van der Waals surface area contributed by atoms with Crippen molar-refractivity contribution in [2.45, 2.75) is 20.4 Å². The largest absolute Gasteiger partial charge is 0.324 e. The Bertz CT molecular complexity index is 1380. The van der Waals surface area contributed by atoms with Gasteiger partial charge in [0.15, 0.2) is 0 Å². The highest BCUT2D eigenvalue weighted by molar-refractivity contribution is 7.17. The Balaban J connectivity index is 1.69. The first kappa shape index (κ1) is 20.4. The van der Waals surface area contributed by atoms with E-state index in [0.29, 0.717) is 27.3 Å². The van der Waals surface area contributed by atoms with Gasteiger partial charge in [0.1, 0.15) is 17.2 Å². The van der Waals surface area contributed by atoms with Gasteiger partial charge < -0.3 is 5.32 Å². The van der Waals surface area contributed by atoms with Gasteiger partial charge in [-0.15, -0.1) is 11.3 Å². The van der Waals surface area contributed by atoms with Gasteiger partial charge in [0.05, 0.1) is 16.0 Å². The lowest BCUT2D eigenvalue weighted by Crippen LogP contribution is -2.30. The number of carbonyl (C=O) groups excluding carboxylic acids is 1. The predicted octanol–water partition coefficient (Wildman–Crippen LogP) is 4.29. The monoisotopic (exact) mass is 434 g/mol. The first-order valence-corrected chi connectivity index (χ1v) is 10.3. The van der Waals surface area contributed by atoms with E-state index < -0.39 is 10.8 Å². The third-order valence-corrected chi connectivity index (χ3v) is 5.85. The van der Waals surface area contributed by atoms with Gasteiger partial charge in [0.25, 0.3) is 11.2 Å². The lowest BCUT2D eigenvalue weighted by molar-refractivity contribution is -0.384. The number of rotatable bonds is 5. The lowest BCUT2D eigenvalue weighted by Gasteiger charge is -2.12. The molecular formula is C22H18N4O4S. The van der Waals surface area contributed by atoms with Crippen molar-refractivity contribution in [1.82, 2.24) is 9.55 Å². The standard InChI is InChI=1S/C22H18N4O4S/c1-13-8-9-16(26(29)30)10-18(13)24-19(27)11-25-14(2)23-21-20(22(25)28)17(12-31-21)15-6-4-3-5-7-15/h3-10,12H,11H2,1-2H3,(H,24,27). The fraction of sp³-hybridized carbons (Fsp3) is 0.136. The molecule has 0 atom stereocenters. The molecule has 2 aromatic heterocycles. The van der Waals surface area contributed by atoms with Crippen LogP contribution < -0.4 is 10.9 Å². The van der Waals surface area contributed by atoms with Crippen molar-refractivity contribution in [2.24, 2.45) is 0 Å². The Morgan fingerprint density at radius 1 is 1.19 bits per heavy atom. The van der Waals surface area contributed by atoms with Crippen LogP contribution in [-0.2, 0) is 11.3 Å². The van der Waals surface area contributed by atoms with Crippen LogP contribution in [0, 0.1) is 24.0 Å². The van der Waals surface area contributed by atoms with Gasteiger partial charge in [-0.2, -0.15) is 0 Å². The number of nitro benzene ring substituents is 1. The molecule has 4 aromatic rings. The maximum atomic E-state index is 13.3. The summed E-state index contributed by atoms with van der Waals surface area (Å²) in [7, 11) is 0. The van der Waals surface area contributed by atoms with Gasteiger partial charge in [-0.1, -0.05) is 36.4 Å². The van der Waals surface area contributed by atoms with Crippen LogP contribution in [0.5, 0.6) is 0 Å². The summed E-state index contributed by atoms with van der Waals surface area (Å²) < 4.78 is 1.32. The zero-order valence-corrected chi connectivity index (χ0v) is 17.6. The highest BCUT2D eigenvalue weighted by Crippen LogP contribution is 2.30. The Kier molecular flexibility index (Phi) is 5.35. The summed E-state index contributed by atoms with van der Waals surface area (Å²) in [5.41, 5.74) is 2.28. The molecule has 156 valence electrons. The quantitative estimate of drug-likeness (QED) is 0.372. The van der Waals surface area contributed by atoms with Crippen molar-refractivity contribution in [3.05, 3.63) is 85.8 Å². The average Bonchev–Trinajstić information content (AvgIpc) is 3.17. The van der Waals surface area contributed by atoms with Crippen molar-refractivity contribution in [1.29, 1.82) is 0 Å². The number of anilines is 1. The van der Waals surface area contributed by atoms with Crippen molar-refractivity contribution in [2.75, 3.05) is 5.32 Å². The molecule has 2 aromatic carbocycles. The number of hydrogen-bond donors (Lipinski definition) is 1. The average molecular weight is 434 g/mol. The minimum atomic E-state index is -0.525. The van der Waals surface area contributed by atoms with Gasteiger partial charge in [-0.3, -0.25) is 24.3 Å². The number of non-ortho nitro benzene ring substituents is 1. The first-order chi connectivity index (χ1) is 14.8. The summed E-state index contributed by atoms with van der Waals surface area (Å²) >= 11 is 1.38. The summed E-state index contributed by atoms with van der Waals surface area (Å²) in [5, 5.41) is 16.1. The fourth-order valence-electron chi connectivity index (χ4n) is 3.33. The molecule has 0 radical (unpaired) electrons. The second-order valence-corrected chi connectivity index (χ2v) is 7.91. The number of nitrogens with zero attached hydrogens (tertiary/aromatic N) is 3. The Morgan fingerprint density at radius 3 is 2.65 bits per heavy atom. The molecule has 0 saturated heterocycles. The van der Waals surface area contributed by atoms with Gasteiger partial charge >= 0.3 is 0 Å². The van der Waals surface area contributed by atoms with E-state index in [1.807, 2.05) is 35.7 Å². The molecule has 0 fully saturated rings. The van der Waals surface area contributed by atoms with Crippen LogP contribution in [0.15, 0.2) is 58.7 Å². The van der Waals surface area contributed by atoms with E-state index in [4.69, 9.17) is 0 Å². The van der Waals surface area contributed by atoms with Crippen LogP contribution in [0.25, 0.3) is 21.3 Å². The Morgan fingerprint density at radius 2 is 1.94 bits per heavy atom. The lowest BCUT2D eigenvalue weighted by atomic mass is 10.1. The van der Waals surface area contributed by atoms with Crippen molar-refractivity contribution in [3.63, 3.8) is 0 Å². The number of aryl methyl sites for hydroxylation is 2. The number of fused-ring (bicyclic) bond motifs is 1. The molecule has 0 bridgehead atoms. The second kappa shape index (κ2) is 8.11. The van der Waals surface area contributed by atoms with E-state index in [0.717, 1.165) is 11.1 Å². The van der Waals surface area contributed by atoms with E-state index >= 15 is 0 Å². The van der Waals surface area contributed by atoms with E-state index in [2.05, 4.69) is 10.3 Å². The number of aromatic nitrogens is 2. The smallest absolute Gasteiger partial charge is 0.271 e. The number of nitrogens with one attached hydrogen (secondary N) is 1. The second-order valence-electron chi connectivity index (χ2n) is 7.05. The number of thiophene rings is 1. The molecule has 9 heteroatoms. The molecule has 4 rings (SSSR count). The zero-order valence-electron chi connectivity index (χ0n) is 16.8. The van der Waals surface area contributed by atoms with Gasteiger partial charge in [-0.05, 0) is 25.0 Å². The molecule has 2 heterocycles. The highest BCUT2D eigenvalue weighted by atomic mass is 32.1. The summed E-state index contributed by atoms with van der Waals surface area (Å²) in [6.07, 6.45) is 0. The third kappa shape index (κ3) is 3.95. The van der Waals surface area contributed by atoms with Gasteiger partial charge in [0, 0.05) is 23.1 Å². The topological polar surface area (TPSA) is 107 Å². The molecule has 0 saturated carbocycles. The zero-order chi connectivity index (χ0) is 22.1. The Labute approximate surface area is 181 Å². The van der Waals surface area contributed by atoms with Gasteiger partial charge in [0.2, 0.25) is 5.91 Å². The molecule has 31 heavy (non-hydrogen) atoms. The molecule has 0 aliphatic rings. The summed E-state index contributed by atoms with van der Waals surface area (Å²) in [4.78, 5) is 41.6. The van der Waals surface area contributed by atoms with E-state index in [-0.39, 0.29) is 17.8 Å². The van der Waals surface area contributed by atoms with Crippen molar-refractivity contribution < 1.29 is 9.72 Å². The van der Waals surface area contributed by atoms with Gasteiger partial charge in [-0.25, -0.2) is 4.98 Å². The van der Waals surface area contributed by atoms with E-state index in [9.17, 15) is 19.7 Å². The van der Waals surface area contributed by atoms with Crippen LogP contribution >= 0.6 is 11.3 Å². The number of carbonyl (C=O) groups is 1. The maximum Gasteiger partial charge on any atom is 0.271 e. The normalized spacial score (nSPS) is 10.9. The minimum absolute atomic E-state index is 0.122. The van der Waals surface area contributed by atoms with Crippen LogP contribution in [0.3, 0.4) is 0 Å². The molecular weight excluding hydrogens is 416 g/mol. The SMILES string of the molecule is Cc1ccc([N+](=O)[O-])cc1NC(=O)Cn1c(C)nc2scc(-c3ccccc3)c2c1=O. The molecule has 1 amide bonds. The molecule has 0 unspecified atom stereocenters. The summed E-state index contributed by atoms with van der Waals surface area (Å²) in [6.45, 7) is 3.16. The highest BCUT2D eigenvalue weighted by Gasteiger charge is 2.18. The van der Waals surface area contributed by atoms with Crippen molar-refractivity contribution in [3.8, 4) is 11.1 Å². The number of amides is 1. The third-order valence-electron chi connectivity index (χ3n) is 4.98. The van der Waals surface area contributed by atoms with Crippen LogP contribution in [0.2, 0.25) is 0 Å². The maximum absolute atomic E-state index is 13.3. The first-order valence-electron chi connectivity index (χ1n) is 9.44. The van der Waals surface area contributed by atoms with E-state index in [1.165, 1.54) is 28.0 Å². The summed E-state index contributed by atoms with van der Waals surface area (Å²) in [6, 6.07) is 13.8. The van der Waals surface area contributed by atoms with Crippen LogP contribution in [-0.4, -0.2) is 20.4 Å². The molecule has 0 aliphatic heterocycles. The molecule has 8 nitrogen and oxygen atoms in total. The predicted molar refractivity (Wildman–Crippen MR) is 121 cm³/mol. The number of hydrogen-bond acceptors (Lipinski definition) is 6. The number of benzene rings is 2.